The fraction of sp³-hybridized carbons (Fsp3) is 0.158. The number of anilines is 1. The van der Waals surface area contributed by atoms with Gasteiger partial charge in [-0.2, -0.15) is 0 Å². The minimum Gasteiger partial charge on any atom is -0.337 e. The van der Waals surface area contributed by atoms with Crippen LogP contribution in [-0.4, -0.2) is 16.6 Å². The SMILES string of the molecule is CCn1c(=Cc2ccccn2)sc(=C2Sc3ccccc3N2C)c1=O. The predicted molar refractivity (Wildman–Crippen MR) is 105 cm³/mol. The van der Waals surface area contributed by atoms with Crippen molar-refractivity contribution in [2.45, 2.75) is 18.4 Å². The average Bonchev–Trinajstić information content (AvgIpc) is 3.13. The molecule has 0 amide bonds. The van der Waals surface area contributed by atoms with Crippen LogP contribution in [-0.2, 0) is 6.54 Å². The number of aromatic nitrogens is 2. The van der Waals surface area contributed by atoms with Crippen molar-refractivity contribution in [1.29, 1.82) is 0 Å². The summed E-state index contributed by atoms with van der Waals surface area (Å²) in [6.45, 7) is 2.64. The molecule has 0 spiro atoms. The van der Waals surface area contributed by atoms with E-state index in [0.29, 0.717) is 6.54 Å². The van der Waals surface area contributed by atoms with E-state index in [1.165, 1.54) is 16.2 Å². The van der Waals surface area contributed by atoms with Gasteiger partial charge in [-0.1, -0.05) is 30.0 Å². The number of hydrogen-bond donors (Lipinski definition) is 0. The van der Waals surface area contributed by atoms with Crippen LogP contribution in [0.1, 0.15) is 12.6 Å². The molecule has 126 valence electrons. The smallest absolute Gasteiger partial charge is 0.271 e. The number of thiazole rings is 1. The summed E-state index contributed by atoms with van der Waals surface area (Å²) in [5, 5.41) is 0.999. The van der Waals surface area contributed by atoms with E-state index in [2.05, 4.69) is 22.0 Å². The molecule has 0 radical (unpaired) electrons. The second-order valence-corrected chi connectivity index (χ2v) is 7.71. The van der Waals surface area contributed by atoms with Crippen molar-refractivity contribution in [1.82, 2.24) is 9.55 Å². The van der Waals surface area contributed by atoms with Gasteiger partial charge in [-0.05, 0) is 37.3 Å². The van der Waals surface area contributed by atoms with Gasteiger partial charge in [0.05, 0.1) is 11.4 Å². The van der Waals surface area contributed by atoms with E-state index in [-0.39, 0.29) is 5.56 Å². The highest BCUT2D eigenvalue weighted by Crippen LogP contribution is 2.44. The standard InChI is InChI=1S/C19H17N3OS2/c1-3-22-16(12-13-8-6-7-11-20-13)25-17(18(22)23)19-21(2)14-9-4-5-10-15(14)24-19/h4-12H,3H2,1-2H3. The van der Waals surface area contributed by atoms with Crippen LogP contribution in [0.3, 0.4) is 0 Å². The number of rotatable bonds is 2. The zero-order chi connectivity index (χ0) is 17.4. The molecule has 3 heterocycles. The number of fused-ring (bicyclic) bond motifs is 1. The number of benzene rings is 1. The number of hydrogen-bond acceptors (Lipinski definition) is 5. The zero-order valence-electron chi connectivity index (χ0n) is 14.0. The Hall–Kier alpha value is -2.31. The molecule has 0 saturated carbocycles. The maximum absolute atomic E-state index is 13.0. The molecule has 1 aromatic carbocycles. The molecular formula is C19H17N3OS2. The van der Waals surface area contributed by atoms with E-state index < -0.39 is 0 Å². The molecule has 0 atom stereocenters. The maximum atomic E-state index is 13.0. The Labute approximate surface area is 153 Å². The Bertz CT molecular complexity index is 1100. The Morgan fingerprint density at radius 3 is 2.68 bits per heavy atom. The molecule has 4 nitrogen and oxygen atoms in total. The van der Waals surface area contributed by atoms with Crippen LogP contribution in [0.5, 0.6) is 0 Å². The van der Waals surface area contributed by atoms with Gasteiger partial charge in [-0.3, -0.25) is 14.3 Å². The first-order valence-corrected chi connectivity index (χ1v) is 9.69. The van der Waals surface area contributed by atoms with Crippen LogP contribution in [0.2, 0.25) is 0 Å². The Balaban J connectivity index is 1.94. The van der Waals surface area contributed by atoms with Crippen molar-refractivity contribution in [3.63, 3.8) is 0 Å². The van der Waals surface area contributed by atoms with E-state index >= 15 is 0 Å². The Morgan fingerprint density at radius 1 is 1.16 bits per heavy atom. The third kappa shape index (κ3) is 2.81. The van der Waals surface area contributed by atoms with Crippen molar-refractivity contribution in [2.24, 2.45) is 0 Å². The average molecular weight is 367 g/mol. The molecule has 6 heteroatoms. The van der Waals surface area contributed by atoms with Gasteiger partial charge >= 0.3 is 0 Å². The highest BCUT2D eigenvalue weighted by Gasteiger charge is 2.24. The van der Waals surface area contributed by atoms with Crippen molar-refractivity contribution in [2.75, 3.05) is 11.9 Å². The Morgan fingerprint density at radius 2 is 1.96 bits per heavy atom. The Kier molecular flexibility index (Phi) is 4.23. The minimum absolute atomic E-state index is 0.0665. The van der Waals surface area contributed by atoms with Gasteiger partial charge < -0.3 is 4.90 Å². The van der Waals surface area contributed by atoms with Crippen molar-refractivity contribution < 1.29 is 0 Å². The monoisotopic (exact) mass is 367 g/mol. The first-order valence-electron chi connectivity index (χ1n) is 8.06. The predicted octanol–water partition coefficient (Wildman–Crippen LogP) is 2.46. The number of para-hydroxylation sites is 1. The molecule has 0 saturated heterocycles. The highest BCUT2D eigenvalue weighted by molar-refractivity contribution is 8.08. The van der Waals surface area contributed by atoms with E-state index in [1.54, 1.807) is 18.0 Å². The van der Waals surface area contributed by atoms with Crippen molar-refractivity contribution in [3.8, 4) is 0 Å². The summed E-state index contributed by atoms with van der Waals surface area (Å²) in [5.41, 5.74) is 2.07. The lowest BCUT2D eigenvalue weighted by molar-refractivity contribution is 0.722. The van der Waals surface area contributed by atoms with Crippen LogP contribution in [0, 0.1) is 0 Å². The molecule has 25 heavy (non-hydrogen) atoms. The molecule has 0 aliphatic carbocycles. The van der Waals surface area contributed by atoms with Gasteiger partial charge in [0.2, 0.25) is 0 Å². The van der Waals surface area contributed by atoms with Crippen LogP contribution >= 0.6 is 23.1 Å². The summed E-state index contributed by atoms with van der Waals surface area (Å²) in [7, 11) is 2.02. The van der Waals surface area contributed by atoms with Gasteiger partial charge in [-0.15, -0.1) is 11.3 Å². The summed E-state index contributed by atoms with van der Waals surface area (Å²) < 4.78 is 3.53. The minimum atomic E-state index is 0.0665. The van der Waals surface area contributed by atoms with E-state index in [4.69, 9.17) is 0 Å². The van der Waals surface area contributed by atoms with E-state index in [9.17, 15) is 4.79 Å². The van der Waals surface area contributed by atoms with Crippen molar-refractivity contribution >= 4 is 39.9 Å². The third-order valence-corrected chi connectivity index (χ3v) is 6.60. The molecule has 0 fully saturated rings. The molecule has 0 bridgehead atoms. The van der Waals surface area contributed by atoms with Crippen LogP contribution < -0.4 is 19.7 Å². The molecule has 0 N–H and O–H groups in total. The number of pyridine rings is 1. The summed E-state index contributed by atoms with van der Waals surface area (Å²) >= 11 is 3.19. The highest BCUT2D eigenvalue weighted by atomic mass is 32.2. The largest absolute Gasteiger partial charge is 0.337 e. The molecule has 1 aliphatic heterocycles. The van der Waals surface area contributed by atoms with Gasteiger partial charge in [-0.25, -0.2) is 0 Å². The second-order valence-electron chi connectivity index (χ2n) is 5.65. The first kappa shape index (κ1) is 16.2. The van der Waals surface area contributed by atoms with Gasteiger partial charge in [0.1, 0.15) is 14.2 Å². The molecule has 2 aromatic heterocycles. The number of thioether (sulfide) groups is 1. The van der Waals surface area contributed by atoms with Crippen LogP contribution in [0.15, 0.2) is 58.4 Å². The second kappa shape index (κ2) is 6.54. The van der Waals surface area contributed by atoms with E-state index in [1.807, 2.05) is 54.9 Å². The van der Waals surface area contributed by atoms with Crippen molar-refractivity contribution in [3.05, 3.63) is 73.9 Å². The van der Waals surface area contributed by atoms with Crippen LogP contribution in [0.4, 0.5) is 5.69 Å². The van der Waals surface area contributed by atoms with Crippen LogP contribution in [0.25, 0.3) is 11.1 Å². The number of nitrogens with zero attached hydrogens (tertiary/aromatic N) is 3. The van der Waals surface area contributed by atoms with Gasteiger partial charge in [0.15, 0.2) is 0 Å². The lowest BCUT2D eigenvalue weighted by Crippen LogP contribution is -2.33. The third-order valence-electron chi connectivity index (χ3n) is 4.12. The summed E-state index contributed by atoms with van der Waals surface area (Å²) in [4.78, 5) is 20.6. The quantitative estimate of drug-likeness (QED) is 0.697. The molecule has 4 rings (SSSR count). The maximum Gasteiger partial charge on any atom is 0.271 e. The van der Waals surface area contributed by atoms with Gasteiger partial charge in [0.25, 0.3) is 5.56 Å². The summed E-state index contributed by atoms with van der Waals surface area (Å²) in [5.74, 6) is 0. The molecule has 1 aliphatic rings. The summed E-state index contributed by atoms with van der Waals surface area (Å²) in [6.07, 6.45) is 3.74. The fourth-order valence-corrected chi connectivity index (χ4v) is 5.32. The van der Waals surface area contributed by atoms with Gasteiger partial charge in [0, 0.05) is 24.7 Å². The lowest BCUT2D eigenvalue weighted by atomic mass is 10.3. The summed E-state index contributed by atoms with van der Waals surface area (Å²) in [6, 6.07) is 14.0. The fourth-order valence-electron chi connectivity index (χ4n) is 2.86. The zero-order valence-corrected chi connectivity index (χ0v) is 15.6. The molecule has 3 aromatic rings. The first-order chi connectivity index (χ1) is 12.2. The molecular weight excluding hydrogens is 350 g/mol. The normalized spacial score (nSPS) is 16.4. The van der Waals surface area contributed by atoms with E-state index in [0.717, 1.165) is 25.6 Å². The lowest BCUT2D eigenvalue weighted by Gasteiger charge is -2.11. The topological polar surface area (TPSA) is 38.1 Å². The molecule has 0 unspecified atom stereocenters.